The molecule has 0 N–H and O–H groups in total. The molecule has 3 rings (SSSR count). The van der Waals surface area contributed by atoms with Crippen LogP contribution in [0, 0.1) is 5.92 Å². The van der Waals surface area contributed by atoms with Gasteiger partial charge in [-0.15, -0.1) is 0 Å². The van der Waals surface area contributed by atoms with Gasteiger partial charge in [-0.25, -0.2) is 0 Å². The van der Waals surface area contributed by atoms with Gasteiger partial charge in [0.2, 0.25) is 0 Å². The van der Waals surface area contributed by atoms with Crippen LogP contribution < -0.4 is 0 Å². The minimum Gasteiger partial charge on any atom is -0.402 e. The predicted octanol–water partition coefficient (Wildman–Crippen LogP) is 6.93. The van der Waals surface area contributed by atoms with E-state index in [2.05, 4.69) is 104 Å². The van der Waals surface area contributed by atoms with Crippen LogP contribution in [0.25, 0.3) is 0 Å². The molecule has 0 radical (unpaired) electrons. The Morgan fingerprint density at radius 2 is 1.67 bits per heavy atom. The number of carbonyl (C=O) groups excluding carboxylic acids is 1. The molecule has 3 nitrogen and oxygen atoms in total. The van der Waals surface area contributed by atoms with Crippen molar-refractivity contribution in [2.75, 3.05) is 6.54 Å². The summed E-state index contributed by atoms with van der Waals surface area (Å²) in [5.41, 5.74) is 1.92. The van der Waals surface area contributed by atoms with Gasteiger partial charge in [0, 0.05) is 6.54 Å². The van der Waals surface area contributed by atoms with Crippen molar-refractivity contribution in [2.24, 2.45) is 5.92 Å². The summed E-state index contributed by atoms with van der Waals surface area (Å²) in [7, 11) is -1.92. The van der Waals surface area contributed by atoms with Gasteiger partial charge in [-0.2, -0.15) is 0 Å². The molecule has 1 saturated heterocycles. The van der Waals surface area contributed by atoms with Crippen molar-refractivity contribution in [3.63, 3.8) is 0 Å². The van der Waals surface area contributed by atoms with Crippen LogP contribution in [0.4, 0.5) is 0 Å². The number of allylic oxidation sites excluding steroid dienone is 3. The van der Waals surface area contributed by atoms with Crippen molar-refractivity contribution >= 4 is 14.1 Å². The lowest BCUT2D eigenvalue weighted by Gasteiger charge is -2.47. The maximum Gasteiger partial charge on any atom is 0.185 e. The van der Waals surface area contributed by atoms with Crippen LogP contribution in [-0.2, 0) is 14.8 Å². The molecular weight excluding hydrogens is 422 g/mol. The summed E-state index contributed by atoms with van der Waals surface area (Å²) in [4.78, 5) is 13.7. The van der Waals surface area contributed by atoms with Gasteiger partial charge in [0.15, 0.2) is 14.1 Å². The van der Waals surface area contributed by atoms with E-state index < -0.39 is 13.9 Å². The molecule has 0 bridgehead atoms. The fourth-order valence-corrected chi connectivity index (χ4v) is 6.12. The predicted molar refractivity (Wildman–Crippen MR) is 141 cm³/mol. The summed E-state index contributed by atoms with van der Waals surface area (Å²) >= 11 is 0. The second-order valence-electron chi connectivity index (χ2n) is 10.1. The van der Waals surface area contributed by atoms with Crippen LogP contribution in [-0.4, -0.2) is 31.6 Å². The lowest BCUT2D eigenvalue weighted by atomic mass is 9.79. The van der Waals surface area contributed by atoms with Crippen LogP contribution in [0.1, 0.15) is 44.2 Å². The first-order valence-corrected chi connectivity index (χ1v) is 15.6. The molecule has 1 fully saturated rings. The molecule has 176 valence electrons. The minimum absolute atomic E-state index is 0.102. The van der Waals surface area contributed by atoms with Gasteiger partial charge >= 0.3 is 0 Å². The Labute approximate surface area is 201 Å². The standard InChI is InChI=1S/C29H39NO2Si/c1-24(14-12-15-25(2)31)21-23-30-22-13-20-28(30)29(32-33(3,4)5,26-16-8-6-9-17-26)27-18-10-7-11-19-27/h6-12,15-19,21,23-24,28H,13-14,20,22H2,1-5H3/b15-12+,23-21+/t24-,28+/m1/s1. The summed E-state index contributed by atoms with van der Waals surface area (Å²) in [6.07, 6.45) is 11.3. The summed E-state index contributed by atoms with van der Waals surface area (Å²) in [5, 5.41) is 0. The zero-order chi connectivity index (χ0) is 23.9. The Balaban J connectivity index is 2.02. The van der Waals surface area contributed by atoms with E-state index >= 15 is 0 Å². The van der Waals surface area contributed by atoms with E-state index in [9.17, 15) is 4.79 Å². The molecule has 0 aliphatic carbocycles. The molecule has 0 spiro atoms. The summed E-state index contributed by atoms with van der Waals surface area (Å²) < 4.78 is 7.22. The number of nitrogens with zero attached hydrogens (tertiary/aromatic N) is 1. The van der Waals surface area contributed by atoms with E-state index in [1.807, 2.05) is 6.08 Å². The van der Waals surface area contributed by atoms with Crippen molar-refractivity contribution in [2.45, 2.75) is 64.4 Å². The molecule has 0 unspecified atom stereocenters. The van der Waals surface area contributed by atoms with Gasteiger partial charge < -0.3 is 9.33 Å². The van der Waals surface area contributed by atoms with Crippen molar-refractivity contribution in [3.8, 4) is 0 Å². The lowest BCUT2D eigenvalue weighted by Crippen LogP contribution is -2.53. The molecule has 1 heterocycles. The van der Waals surface area contributed by atoms with Gasteiger partial charge in [0.25, 0.3) is 0 Å². The van der Waals surface area contributed by atoms with Crippen molar-refractivity contribution in [1.82, 2.24) is 4.90 Å². The third-order valence-corrected chi connectivity index (χ3v) is 7.04. The first-order valence-electron chi connectivity index (χ1n) is 12.1. The molecule has 2 aromatic carbocycles. The van der Waals surface area contributed by atoms with Gasteiger partial charge in [0.05, 0.1) is 6.04 Å². The highest BCUT2D eigenvalue weighted by atomic mass is 28.4. The monoisotopic (exact) mass is 461 g/mol. The number of likely N-dealkylation sites (tertiary alicyclic amines) is 1. The largest absolute Gasteiger partial charge is 0.402 e. The summed E-state index contributed by atoms with van der Waals surface area (Å²) in [5.74, 6) is 0.465. The number of hydrogen-bond acceptors (Lipinski definition) is 3. The van der Waals surface area contributed by atoms with Gasteiger partial charge in [0.1, 0.15) is 5.60 Å². The minimum atomic E-state index is -1.92. The third-order valence-electron chi connectivity index (χ3n) is 6.10. The SMILES string of the molecule is CC(=O)/C=C/C[C@@H](C)/C=C/N1CCC[C@H]1C(O[Si](C)(C)C)(c1ccccc1)c1ccccc1. The summed E-state index contributed by atoms with van der Waals surface area (Å²) in [6.45, 7) is 11.7. The van der Waals surface area contributed by atoms with E-state index in [-0.39, 0.29) is 11.8 Å². The fraction of sp³-hybridized carbons (Fsp3) is 0.414. The molecule has 0 amide bonds. The van der Waals surface area contributed by atoms with Crippen LogP contribution >= 0.6 is 0 Å². The van der Waals surface area contributed by atoms with Crippen molar-refractivity contribution < 1.29 is 9.22 Å². The first kappa shape index (κ1) is 25.2. The normalized spacial score (nSPS) is 18.3. The Morgan fingerprint density at radius 3 is 2.18 bits per heavy atom. The zero-order valence-electron chi connectivity index (χ0n) is 20.8. The Morgan fingerprint density at radius 1 is 1.09 bits per heavy atom. The van der Waals surface area contributed by atoms with Crippen LogP contribution in [0.3, 0.4) is 0 Å². The molecule has 4 heteroatoms. The van der Waals surface area contributed by atoms with Crippen molar-refractivity contribution in [3.05, 3.63) is 96.2 Å². The highest BCUT2D eigenvalue weighted by molar-refractivity contribution is 6.69. The lowest BCUT2D eigenvalue weighted by molar-refractivity contribution is -0.112. The van der Waals surface area contributed by atoms with E-state index in [4.69, 9.17) is 4.43 Å². The number of carbonyl (C=O) groups is 1. The first-order chi connectivity index (χ1) is 15.7. The quantitative estimate of drug-likeness (QED) is 0.284. The van der Waals surface area contributed by atoms with Crippen LogP contribution in [0.15, 0.2) is 85.1 Å². The fourth-order valence-electron chi connectivity index (χ4n) is 4.78. The molecular formula is C29H39NO2Si. The van der Waals surface area contributed by atoms with Crippen LogP contribution in [0.5, 0.6) is 0 Å². The number of hydrogen-bond donors (Lipinski definition) is 0. The van der Waals surface area contributed by atoms with Gasteiger partial charge in [-0.05, 0) is 75.1 Å². The number of ketones is 1. The molecule has 2 aromatic rings. The van der Waals surface area contributed by atoms with Gasteiger partial charge in [-0.1, -0.05) is 79.7 Å². The number of benzene rings is 2. The average Bonchev–Trinajstić information content (AvgIpc) is 3.25. The topological polar surface area (TPSA) is 29.5 Å². The molecule has 1 aliphatic rings. The molecule has 0 aromatic heterocycles. The van der Waals surface area contributed by atoms with Gasteiger partial charge in [-0.3, -0.25) is 4.79 Å². The molecule has 33 heavy (non-hydrogen) atoms. The van der Waals surface area contributed by atoms with E-state index in [1.54, 1.807) is 13.0 Å². The van der Waals surface area contributed by atoms with E-state index in [1.165, 1.54) is 11.1 Å². The van der Waals surface area contributed by atoms with E-state index in [0.717, 1.165) is 25.8 Å². The second-order valence-corrected chi connectivity index (χ2v) is 14.6. The molecule has 2 atom stereocenters. The third kappa shape index (κ3) is 6.55. The van der Waals surface area contributed by atoms with Crippen molar-refractivity contribution in [1.29, 1.82) is 0 Å². The maximum absolute atomic E-state index is 11.2. The average molecular weight is 462 g/mol. The van der Waals surface area contributed by atoms with Crippen LogP contribution in [0.2, 0.25) is 19.6 Å². The zero-order valence-corrected chi connectivity index (χ0v) is 21.8. The Kier molecular flexibility index (Phi) is 8.50. The number of rotatable bonds is 10. The Hall–Kier alpha value is -2.43. The highest BCUT2D eigenvalue weighted by Gasteiger charge is 2.49. The molecule has 0 saturated carbocycles. The summed E-state index contributed by atoms with van der Waals surface area (Å²) in [6, 6.07) is 21.8. The second kappa shape index (κ2) is 11.1. The molecule has 1 aliphatic heterocycles. The maximum atomic E-state index is 11.2. The van der Waals surface area contributed by atoms with E-state index in [0.29, 0.717) is 5.92 Å². The Bertz CT molecular complexity index is 907. The highest BCUT2D eigenvalue weighted by Crippen LogP contribution is 2.45. The smallest absolute Gasteiger partial charge is 0.185 e.